The van der Waals surface area contributed by atoms with Gasteiger partial charge in [-0.15, -0.1) is 12.4 Å². The first kappa shape index (κ1) is 20.9. The molecular weight excluding hydrogens is 350 g/mol. The molecule has 1 aromatic rings. The van der Waals surface area contributed by atoms with Crippen LogP contribution < -0.4 is 15.4 Å². The molecule has 1 aliphatic heterocycles. The molecule has 0 radical (unpaired) electrons. The second-order valence-corrected chi connectivity index (χ2v) is 7.58. The van der Waals surface area contributed by atoms with E-state index < -0.39 is 10.0 Å². The molecule has 1 fully saturated rings. The highest BCUT2D eigenvalue weighted by atomic mass is 35.5. The van der Waals surface area contributed by atoms with Gasteiger partial charge < -0.3 is 10.6 Å². The van der Waals surface area contributed by atoms with E-state index in [0.29, 0.717) is 12.5 Å². The number of rotatable bonds is 8. The number of carbonyl (C=O) groups excluding carboxylic acids is 1. The summed E-state index contributed by atoms with van der Waals surface area (Å²) in [6, 6.07) is 8.15. The highest BCUT2D eigenvalue weighted by Gasteiger charge is 2.14. The first-order chi connectivity index (χ1) is 11.1. The van der Waals surface area contributed by atoms with Gasteiger partial charge in [0.25, 0.3) is 0 Å². The van der Waals surface area contributed by atoms with Crippen LogP contribution in [0.3, 0.4) is 0 Å². The fourth-order valence-electron chi connectivity index (χ4n) is 2.66. The lowest BCUT2D eigenvalue weighted by Crippen LogP contribution is -2.34. The molecule has 0 aromatic heterocycles. The summed E-state index contributed by atoms with van der Waals surface area (Å²) < 4.78 is 26.4. The van der Waals surface area contributed by atoms with Gasteiger partial charge in [-0.05, 0) is 50.4 Å². The standard InChI is InChI=1S/C16H25N3O3S.ClH/c20-16(18-11-8-14-5-4-10-17-13-14)9-12-19-23(21,22)15-6-2-1-3-7-15;/h1-3,6-7,14,17,19H,4-5,8-13H2,(H,18,20);1H. The van der Waals surface area contributed by atoms with Gasteiger partial charge in [0.15, 0.2) is 0 Å². The van der Waals surface area contributed by atoms with Crippen molar-refractivity contribution in [1.82, 2.24) is 15.4 Å². The first-order valence-electron chi connectivity index (χ1n) is 8.10. The Labute approximate surface area is 150 Å². The highest BCUT2D eigenvalue weighted by Crippen LogP contribution is 2.12. The molecule has 0 bridgehead atoms. The Morgan fingerprint density at radius 3 is 2.62 bits per heavy atom. The smallest absolute Gasteiger partial charge is 0.240 e. The molecule has 6 nitrogen and oxygen atoms in total. The molecule has 8 heteroatoms. The lowest BCUT2D eigenvalue weighted by molar-refractivity contribution is -0.120. The van der Waals surface area contributed by atoms with Crippen LogP contribution in [0.4, 0.5) is 0 Å². The Bertz CT molecular complexity index is 590. The van der Waals surface area contributed by atoms with Gasteiger partial charge >= 0.3 is 0 Å². The number of benzene rings is 1. The highest BCUT2D eigenvalue weighted by molar-refractivity contribution is 7.89. The third kappa shape index (κ3) is 7.17. The lowest BCUT2D eigenvalue weighted by Gasteiger charge is -2.22. The number of nitrogens with one attached hydrogen (secondary N) is 3. The van der Waals surface area contributed by atoms with Crippen molar-refractivity contribution in [3.8, 4) is 0 Å². The van der Waals surface area contributed by atoms with E-state index >= 15 is 0 Å². The molecule has 0 aliphatic carbocycles. The molecule has 1 aliphatic rings. The number of amides is 1. The molecule has 3 N–H and O–H groups in total. The predicted octanol–water partition coefficient (Wildman–Crippen LogP) is 1.28. The summed E-state index contributed by atoms with van der Waals surface area (Å²) in [4.78, 5) is 12.0. The van der Waals surface area contributed by atoms with Crippen molar-refractivity contribution in [2.24, 2.45) is 5.92 Å². The minimum Gasteiger partial charge on any atom is -0.356 e. The van der Waals surface area contributed by atoms with Crippen LogP contribution in [0.1, 0.15) is 25.7 Å². The molecule has 136 valence electrons. The predicted molar refractivity (Wildman–Crippen MR) is 96.7 cm³/mol. The fraction of sp³-hybridized carbons (Fsp3) is 0.562. The summed E-state index contributed by atoms with van der Waals surface area (Å²) in [5.41, 5.74) is 0. The molecular formula is C16H26ClN3O3S. The number of carbonyl (C=O) groups is 1. The zero-order chi connectivity index (χ0) is 16.5. The number of hydrogen-bond acceptors (Lipinski definition) is 4. The van der Waals surface area contributed by atoms with Gasteiger partial charge in [-0.25, -0.2) is 13.1 Å². The summed E-state index contributed by atoms with van der Waals surface area (Å²) in [6.07, 6.45) is 3.52. The summed E-state index contributed by atoms with van der Waals surface area (Å²) in [5, 5.41) is 6.20. The molecule has 2 rings (SSSR count). The van der Waals surface area contributed by atoms with Crippen LogP contribution in [0.2, 0.25) is 0 Å². The second-order valence-electron chi connectivity index (χ2n) is 5.81. The van der Waals surface area contributed by atoms with Crippen molar-refractivity contribution in [3.63, 3.8) is 0 Å². The minimum atomic E-state index is -3.53. The summed E-state index contributed by atoms with van der Waals surface area (Å²) in [7, 11) is -3.53. The van der Waals surface area contributed by atoms with E-state index in [1.165, 1.54) is 25.0 Å². The number of sulfonamides is 1. The maximum atomic E-state index is 12.0. The normalized spacial score (nSPS) is 17.8. The van der Waals surface area contributed by atoms with E-state index in [-0.39, 0.29) is 36.2 Å². The van der Waals surface area contributed by atoms with E-state index in [0.717, 1.165) is 19.5 Å². The SMILES string of the molecule is Cl.O=C(CCNS(=O)(=O)c1ccccc1)NCCC1CCCNC1. The van der Waals surface area contributed by atoms with Crippen molar-refractivity contribution in [2.75, 3.05) is 26.2 Å². The van der Waals surface area contributed by atoms with Crippen LogP contribution in [0.5, 0.6) is 0 Å². The third-order valence-electron chi connectivity index (χ3n) is 3.97. The average Bonchev–Trinajstić information content (AvgIpc) is 2.56. The van der Waals surface area contributed by atoms with E-state index in [9.17, 15) is 13.2 Å². The molecule has 0 spiro atoms. The number of hydrogen-bond donors (Lipinski definition) is 3. The van der Waals surface area contributed by atoms with Crippen LogP contribution in [0.25, 0.3) is 0 Å². The molecule has 1 heterocycles. The minimum absolute atomic E-state index is 0. The van der Waals surface area contributed by atoms with E-state index in [2.05, 4.69) is 15.4 Å². The van der Waals surface area contributed by atoms with Crippen molar-refractivity contribution < 1.29 is 13.2 Å². The Hall–Kier alpha value is -1.15. The second kappa shape index (κ2) is 10.7. The zero-order valence-corrected chi connectivity index (χ0v) is 15.3. The largest absolute Gasteiger partial charge is 0.356 e. The van der Waals surface area contributed by atoms with Crippen LogP contribution >= 0.6 is 12.4 Å². The van der Waals surface area contributed by atoms with Gasteiger partial charge in [-0.2, -0.15) is 0 Å². The van der Waals surface area contributed by atoms with Gasteiger partial charge in [0.05, 0.1) is 4.90 Å². The van der Waals surface area contributed by atoms with Crippen molar-refractivity contribution in [1.29, 1.82) is 0 Å². The Kier molecular flexibility index (Phi) is 9.28. The molecule has 1 aromatic carbocycles. The maximum Gasteiger partial charge on any atom is 0.240 e. The van der Waals surface area contributed by atoms with Crippen molar-refractivity contribution in [2.45, 2.75) is 30.6 Å². The Morgan fingerprint density at radius 2 is 1.96 bits per heavy atom. The van der Waals surface area contributed by atoms with Crippen molar-refractivity contribution >= 4 is 28.3 Å². The van der Waals surface area contributed by atoms with Crippen LogP contribution in [-0.4, -0.2) is 40.5 Å². The zero-order valence-electron chi connectivity index (χ0n) is 13.7. The van der Waals surface area contributed by atoms with E-state index in [1.54, 1.807) is 18.2 Å². The first-order valence-corrected chi connectivity index (χ1v) is 9.58. The topological polar surface area (TPSA) is 87.3 Å². The van der Waals surface area contributed by atoms with Crippen LogP contribution in [-0.2, 0) is 14.8 Å². The van der Waals surface area contributed by atoms with E-state index in [4.69, 9.17) is 0 Å². The number of halogens is 1. The maximum absolute atomic E-state index is 12.0. The molecule has 1 saturated heterocycles. The van der Waals surface area contributed by atoms with Crippen molar-refractivity contribution in [3.05, 3.63) is 30.3 Å². The van der Waals surface area contributed by atoms with Gasteiger partial charge in [0.1, 0.15) is 0 Å². The average molecular weight is 376 g/mol. The van der Waals surface area contributed by atoms with Gasteiger partial charge in [0, 0.05) is 19.5 Å². The Balaban J connectivity index is 0.00000288. The van der Waals surface area contributed by atoms with E-state index in [1.807, 2.05) is 0 Å². The number of piperidine rings is 1. The quantitative estimate of drug-likeness (QED) is 0.638. The summed E-state index contributed by atoms with van der Waals surface area (Å²) >= 11 is 0. The molecule has 1 unspecified atom stereocenters. The lowest BCUT2D eigenvalue weighted by atomic mass is 9.96. The molecule has 1 atom stereocenters. The third-order valence-corrected chi connectivity index (χ3v) is 5.45. The molecule has 24 heavy (non-hydrogen) atoms. The molecule has 1 amide bonds. The summed E-state index contributed by atoms with van der Waals surface area (Å²) in [6.45, 7) is 2.86. The summed E-state index contributed by atoms with van der Waals surface area (Å²) in [5.74, 6) is 0.505. The Morgan fingerprint density at radius 1 is 1.21 bits per heavy atom. The van der Waals surface area contributed by atoms with Gasteiger partial charge in [-0.3, -0.25) is 4.79 Å². The fourth-order valence-corrected chi connectivity index (χ4v) is 3.71. The van der Waals surface area contributed by atoms with Crippen LogP contribution in [0.15, 0.2) is 35.2 Å². The van der Waals surface area contributed by atoms with Crippen LogP contribution in [0, 0.1) is 5.92 Å². The van der Waals surface area contributed by atoms with Gasteiger partial charge in [-0.1, -0.05) is 18.2 Å². The monoisotopic (exact) mass is 375 g/mol. The molecule has 0 saturated carbocycles. The van der Waals surface area contributed by atoms with Gasteiger partial charge in [0.2, 0.25) is 15.9 Å².